The molecule has 0 bridgehead atoms. The molecule has 0 spiro atoms. The van der Waals surface area contributed by atoms with E-state index in [4.69, 9.17) is 0 Å². The molecule has 2 aliphatic rings. The van der Waals surface area contributed by atoms with Crippen molar-refractivity contribution in [1.82, 2.24) is 24.6 Å². The van der Waals surface area contributed by atoms with Crippen LogP contribution in [0.2, 0.25) is 0 Å². The minimum atomic E-state index is -2.57. The van der Waals surface area contributed by atoms with Crippen molar-refractivity contribution >= 4 is 17.2 Å². The van der Waals surface area contributed by atoms with Crippen LogP contribution >= 0.6 is 0 Å². The Hall–Kier alpha value is -2.84. The van der Waals surface area contributed by atoms with Gasteiger partial charge in [-0.05, 0) is 18.9 Å². The Labute approximate surface area is 154 Å². The predicted octanol–water partition coefficient (Wildman–Crippen LogP) is 2.66. The van der Waals surface area contributed by atoms with E-state index >= 15 is 0 Å². The SMILES string of the molecule is FC(F)c1cc(N2CCN(c3nccn4nccc34)CC2)nc(C2CC2)n1. The van der Waals surface area contributed by atoms with Gasteiger partial charge in [-0.25, -0.2) is 28.2 Å². The van der Waals surface area contributed by atoms with Crippen molar-refractivity contribution in [3.8, 4) is 0 Å². The Bertz CT molecular complexity index is 941. The van der Waals surface area contributed by atoms with E-state index in [1.807, 2.05) is 12.3 Å². The number of halogens is 2. The summed E-state index contributed by atoms with van der Waals surface area (Å²) >= 11 is 0. The highest BCUT2D eigenvalue weighted by atomic mass is 19.3. The summed E-state index contributed by atoms with van der Waals surface area (Å²) in [5.74, 6) is 2.31. The lowest BCUT2D eigenvalue weighted by Gasteiger charge is -2.36. The van der Waals surface area contributed by atoms with Gasteiger partial charge in [0, 0.05) is 50.6 Å². The van der Waals surface area contributed by atoms with E-state index in [2.05, 4.69) is 29.9 Å². The lowest BCUT2D eigenvalue weighted by molar-refractivity contribution is 0.145. The molecule has 9 heteroatoms. The van der Waals surface area contributed by atoms with Crippen LogP contribution < -0.4 is 9.80 Å². The van der Waals surface area contributed by atoms with Gasteiger partial charge in [0.15, 0.2) is 5.82 Å². The van der Waals surface area contributed by atoms with Crippen LogP contribution in [-0.2, 0) is 0 Å². The molecular formula is C18H19F2N7. The van der Waals surface area contributed by atoms with Crippen LogP contribution in [0.15, 0.2) is 30.7 Å². The lowest BCUT2D eigenvalue weighted by Crippen LogP contribution is -2.47. The molecule has 0 atom stereocenters. The maximum absolute atomic E-state index is 13.2. The highest BCUT2D eigenvalue weighted by molar-refractivity contribution is 5.68. The first kappa shape index (κ1) is 16.3. The van der Waals surface area contributed by atoms with E-state index in [1.54, 1.807) is 16.9 Å². The van der Waals surface area contributed by atoms with Gasteiger partial charge < -0.3 is 9.80 Å². The fourth-order valence-corrected chi connectivity index (χ4v) is 3.50. The van der Waals surface area contributed by atoms with E-state index in [0.717, 1.165) is 37.3 Å². The molecule has 5 rings (SSSR count). The highest BCUT2D eigenvalue weighted by Gasteiger charge is 2.30. The zero-order valence-electron chi connectivity index (χ0n) is 14.7. The second-order valence-corrected chi connectivity index (χ2v) is 6.97. The number of alkyl halides is 2. The van der Waals surface area contributed by atoms with Crippen molar-refractivity contribution in [2.45, 2.75) is 25.2 Å². The number of nitrogens with zero attached hydrogens (tertiary/aromatic N) is 7. The minimum Gasteiger partial charge on any atom is -0.353 e. The fourth-order valence-electron chi connectivity index (χ4n) is 3.50. The summed E-state index contributed by atoms with van der Waals surface area (Å²) < 4.78 is 28.3. The largest absolute Gasteiger partial charge is 0.353 e. The van der Waals surface area contributed by atoms with Gasteiger partial charge in [-0.3, -0.25) is 0 Å². The first-order valence-electron chi connectivity index (χ1n) is 9.14. The maximum Gasteiger partial charge on any atom is 0.280 e. The summed E-state index contributed by atoms with van der Waals surface area (Å²) in [7, 11) is 0. The van der Waals surface area contributed by atoms with E-state index in [0.29, 0.717) is 24.7 Å². The van der Waals surface area contributed by atoms with Crippen molar-refractivity contribution in [3.05, 3.63) is 42.2 Å². The van der Waals surface area contributed by atoms with Crippen LogP contribution in [0, 0.1) is 0 Å². The zero-order chi connectivity index (χ0) is 18.4. The van der Waals surface area contributed by atoms with E-state index < -0.39 is 6.43 Å². The molecule has 1 saturated heterocycles. The van der Waals surface area contributed by atoms with Crippen molar-refractivity contribution in [1.29, 1.82) is 0 Å². The Kier molecular flexibility index (Phi) is 3.87. The normalized spacial score (nSPS) is 17.9. The van der Waals surface area contributed by atoms with E-state index in [9.17, 15) is 8.78 Å². The molecule has 4 heterocycles. The van der Waals surface area contributed by atoms with Crippen molar-refractivity contribution in [2.75, 3.05) is 36.0 Å². The monoisotopic (exact) mass is 371 g/mol. The van der Waals surface area contributed by atoms with E-state index in [-0.39, 0.29) is 11.6 Å². The number of aromatic nitrogens is 5. The van der Waals surface area contributed by atoms with Crippen LogP contribution in [0.3, 0.4) is 0 Å². The topological polar surface area (TPSA) is 62.5 Å². The number of piperazine rings is 1. The van der Waals surface area contributed by atoms with Gasteiger partial charge in [-0.2, -0.15) is 5.10 Å². The first-order chi connectivity index (χ1) is 13.2. The Morgan fingerprint density at radius 3 is 2.52 bits per heavy atom. The molecule has 7 nitrogen and oxygen atoms in total. The molecule has 0 unspecified atom stereocenters. The molecule has 1 saturated carbocycles. The smallest absolute Gasteiger partial charge is 0.280 e. The lowest BCUT2D eigenvalue weighted by atomic mass is 10.2. The van der Waals surface area contributed by atoms with E-state index in [1.165, 1.54) is 6.07 Å². The highest BCUT2D eigenvalue weighted by Crippen LogP contribution is 2.39. The number of anilines is 2. The minimum absolute atomic E-state index is 0.171. The van der Waals surface area contributed by atoms with Crippen LogP contribution in [-0.4, -0.2) is 50.7 Å². The molecule has 0 N–H and O–H groups in total. The second kappa shape index (κ2) is 6.40. The van der Waals surface area contributed by atoms with Gasteiger partial charge in [0.1, 0.15) is 22.9 Å². The Morgan fingerprint density at radius 1 is 1.00 bits per heavy atom. The van der Waals surface area contributed by atoms with Gasteiger partial charge in [0.25, 0.3) is 6.43 Å². The van der Waals surface area contributed by atoms with Gasteiger partial charge in [-0.1, -0.05) is 0 Å². The zero-order valence-corrected chi connectivity index (χ0v) is 14.7. The van der Waals surface area contributed by atoms with Gasteiger partial charge >= 0.3 is 0 Å². The summed E-state index contributed by atoms with van der Waals surface area (Å²) in [4.78, 5) is 17.4. The summed E-state index contributed by atoms with van der Waals surface area (Å²) in [5, 5.41) is 4.25. The average Bonchev–Trinajstić information content (AvgIpc) is 3.44. The molecule has 3 aromatic rings. The predicted molar refractivity (Wildman–Crippen MR) is 96.4 cm³/mol. The summed E-state index contributed by atoms with van der Waals surface area (Å²) in [6, 6.07) is 3.37. The molecule has 3 aromatic heterocycles. The van der Waals surface area contributed by atoms with Gasteiger partial charge in [0.05, 0.1) is 6.20 Å². The molecule has 0 amide bonds. The van der Waals surface area contributed by atoms with Crippen molar-refractivity contribution in [3.63, 3.8) is 0 Å². The van der Waals surface area contributed by atoms with Crippen molar-refractivity contribution in [2.24, 2.45) is 0 Å². The molecule has 1 aliphatic heterocycles. The first-order valence-corrected chi connectivity index (χ1v) is 9.14. The van der Waals surface area contributed by atoms with Gasteiger partial charge in [-0.15, -0.1) is 0 Å². The Morgan fingerprint density at radius 2 is 1.78 bits per heavy atom. The van der Waals surface area contributed by atoms with Gasteiger partial charge in [0.2, 0.25) is 0 Å². The molecule has 0 aromatic carbocycles. The van der Waals surface area contributed by atoms with Crippen LogP contribution in [0.4, 0.5) is 20.4 Å². The number of fused-ring (bicyclic) bond motifs is 1. The third-order valence-electron chi connectivity index (χ3n) is 5.12. The summed E-state index contributed by atoms with van der Waals surface area (Å²) in [6.45, 7) is 2.87. The standard InChI is InChI=1S/C18H19F2N7/c19-16(20)13-11-15(24-17(23-13)12-1-2-12)25-7-9-26(10-8-25)18-14-3-4-22-27(14)6-5-21-18/h3-6,11-12,16H,1-2,7-10H2. The molecule has 2 fully saturated rings. The van der Waals surface area contributed by atoms with Crippen LogP contribution in [0.25, 0.3) is 5.52 Å². The Balaban J connectivity index is 1.37. The second-order valence-electron chi connectivity index (χ2n) is 6.97. The summed E-state index contributed by atoms with van der Waals surface area (Å²) in [6.07, 6.45) is 4.71. The number of hydrogen-bond donors (Lipinski definition) is 0. The fraction of sp³-hybridized carbons (Fsp3) is 0.444. The number of rotatable bonds is 4. The quantitative estimate of drug-likeness (QED) is 0.703. The van der Waals surface area contributed by atoms with Crippen molar-refractivity contribution < 1.29 is 8.78 Å². The molecule has 140 valence electrons. The van der Waals surface area contributed by atoms with Crippen LogP contribution in [0.1, 0.15) is 36.7 Å². The summed E-state index contributed by atoms with van der Waals surface area (Å²) in [5.41, 5.74) is 0.791. The molecule has 0 radical (unpaired) electrons. The molecule has 1 aliphatic carbocycles. The molecule has 27 heavy (non-hydrogen) atoms. The third kappa shape index (κ3) is 3.07. The average molecular weight is 371 g/mol. The van der Waals surface area contributed by atoms with Crippen LogP contribution in [0.5, 0.6) is 0 Å². The third-order valence-corrected chi connectivity index (χ3v) is 5.12. The number of hydrogen-bond acceptors (Lipinski definition) is 6. The maximum atomic E-state index is 13.2. The molecular weight excluding hydrogens is 352 g/mol.